The first-order valence-corrected chi connectivity index (χ1v) is 14.1. The minimum absolute atomic E-state index is 0.0987. The fraction of sp³-hybridized carbons (Fsp3) is 0.516. The van der Waals surface area contributed by atoms with Crippen LogP contribution < -0.4 is 10.1 Å². The van der Waals surface area contributed by atoms with Crippen molar-refractivity contribution in [2.45, 2.75) is 45.3 Å². The van der Waals surface area contributed by atoms with E-state index in [2.05, 4.69) is 10.2 Å². The van der Waals surface area contributed by atoms with E-state index in [1.54, 1.807) is 31.4 Å². The molecule has 0 bridgehead atoms. The monoisotopic (exact) mass is 550 g/mol. The lowest BCUT2D eigenvalue weighted by atomic mass is 9.96. The van der Waals surface area contributed by atoms with Crippen LogP contribution in [0.2, 0.25) is 0 Å². The van der Waals surface area contributed by atoms with Crippen molar-refractivity contribution >= 4 is 17.9 Å². The predicted molar refractivity (Wildman–Crippen MR) is 153 cm³/mol. The standard InChI is InChI=1S/C31H42N4O5/c1-31(2,3)40-30(38)35-16-14-23(15-17-35)22-33-18-20-34(21-19-33)29(37)27(24-8-6-5-7-9-24)32-28(36)25-10-12-26(39-4)13-11-25/h5-13,23,27H,14-22H2,1-4H3,(H,32,36)/t27-/m1/s1. The van der Waals surface area contributed by atoms with E-state index in [9.17, 15) is 14.4 Å². The number of likely N-dealkylation sites (tertiary alicyclic amines) is 1. The van der Waals surface area contributed by atoms with Gasteiger partial charge in [0, 0.05) is 51.4 Å². The molecule has 0 unspecified atom stereocenters. The number of hydrogen-bond acceptors (Lipinski definition) is 6. The van der Waals surface area contributed by atoms with Crippen LogP contribution in [-0.4, -0.2) is 91.1 Å². The van der Waals surface area contributed by atoms with Gasteiger partial charge < -0.3 is 24.6 Å². The van der Waals surface area contributed by atoms with Crippen molar-refractivity contribution in [1.29, 1.82) is 0 Å². The molecule has 9 heteroatoms. The maximum Gasteiger partial charge on any atom is 0.410 e. The highest BCUT2D eigenvalue weighted by atomic mass is 16.6. The van der Waals surface area contributed by atoms with Gasteiger partial charge in [-0.2, -0.15) is 0 Å². The van der Waals surface area contributed by atoms with Crippen molar-refractivity contribution in [2.24, 2.45) is 5.92 Å². The molecular weight excluding hydrogens is 508 g/mol. The molecule has 2 aromatic carbocycles. The molecule has 2 aromatic rings. The van der Waals surface area contributed by atoms with Crippen molar-refractivity contribution in [3.8, 4) is 5.75 Å². The van der Waals surface area contributed by atoms with Gasteiger partial charge in [0.1, 0.15) is 17.4 Å². The summed E-state index contributed by atoms with van der Waals surface area (Å²) in [5.41, 5.74) is 0.744. The topological polar surface area (TPSA) is 91.4 Å². The van der Waals surface area contributed by atoms with E-state index < -0.39 is 11.6 Å². The van der Waals surface area contributed by atoms with Gasteiger partial charge in [-0.3, -0.25) is 14.5 Å². The van der Waals surface area contributed by atoms with Gasteiger partial charge in [0.15, 0.2) is 0 Å². The largest absolute Gasteiger partial charge is 0.497 e. The third kappa shape index (κ3) is 7.97. The average Bonchev–Trinajstić information content (AvgIpc) is 2.96. The maximum absolute atomic E-state index is 13.7. The van der Waals surface area contributed by atoms with Gasteiger partial charge in [0.05, 0.1) is 7.11 Å². The van der Waals surface area contributed by atoms with E-state index in [4.69, 9.17) is 9.47 Å². The number of carbonyl (C=O) groups excluding carboxylic acids is 3. The number of amides is 3. The van der Waals surface area contributed by atoms with Crippen molar-refractivity contribution in [3.63, 3.8) is 0 Å². The third-order valence-corrected chi connectivity index (χ3v) is 7.47. The Balaban J connectivity index is 1.30. The number of nitrogens with one attached hydrogen (secondary N) is 1. The Kier molecular flexibility index (Phi) is 9.68. The summed E-state index contributed by atoms with van der Waals surface area (Å²) in [6.07, 6.45) is 1.67. The summed E-state index contributed by atoms with van der Waals surface area (Å²) in [5, 5.41) is 2.96. The highest BCUT2D eigenvalue weighted by Gasteiger charge is 2.32. The highest BCUT2D eigenvalue weighted by molar-refractivity contribution is 5.98. The molecule has 2 heterocycles. The van der Waals surface area contributed by atoms with Crippen LogP contribution in [0.3, 0.4) is 0 Å². The molecule has 0 spiro atoms. The summed E-state index contributed by atoms with van der Waals surface area (Å²) in [6.45, 7) is 10.8. The van der Waals surface area contributed by atoms with Crippen LogP contribution in [0.25, 0.3) is 0 Å². The average molecular weight is 551 g/mol. The van der Waals surface area contributed by atoms with Crippen LogP contribution in [0.5, 0.6) is 5.75 Å². The van der Waals surface area contributed by atoms with Gasteiger partial charge in [-0.05, 0) is 69.4 Å². The smallest absolute Gasteiger partial charge is 0.410 e. The Hall–Kier alpha value is -3.59. The zero-order valence-electron chi connectivity index (χ0n) is 24.1. The predicted octanol–water partition coefficient (Wildman–Crippen LogP) is 3.96. The number of carbonyl (C=O) groups is 3. The molecule has 1 N–H and O–H groups in total. The third-order valence-electron chi connectivity index (χ3n) is 7.47. The number of ether oxygens (including phenoxy) is 2. The number of piperidine rings is 1. The maximum atomic E-state index is 13.7. The zero-order valence-corrected chi connectivity index (χ0v) is 24.1. The Labute approximate surface area is 237 Å². The van der Waals surface area contributed by atoms with Crippen molar-refractivity contribution in [3.05, 3.63) is 65.7 Å². The lowest BCUT2D eigenvalue weighted by Gasteiger charge is -2.39. The van der Waals surface area contributed by atoms with Crippen LogP contribution in [0.15, 0.2) is 54.6 Å². The summed E-state index contributed by atoms with van der Waals surface area (Å²) in [5.74, 6) is 0.778. The molecule has 0 aromatic heterocycles. The van der Waals surface area contributed by atoms with Gasteiger partial charge >= 0.3 is 6.09 Å². The van der Waals surface area contributed by atoms with Crippen molar-refractivity contribution in [1.82, 2.24) is 20.0 Å². The highest BCUT2D eigenvalue weighted by Crippen LogP contribution is 2.23. The molecule has 2 aliphatic heterocycles. The molecule has 2 saturated heterocycles. The van der Waals surface area contributed by atoms with Gasteiger partial charge in [-0.1, -0.05) is 30.3 Å². The molecule has 4 rings (SSSR count). The molecule has 9 nitrogen and oxygen atoms in total. The summed E-state index contributed by atoms with van der Waals surface area (Å²) >= 11 is 0. The summed E-state index contributed by atoms with van der Waals surface area (Å²) < 4.78 is 10.7. The number of benzene rings is 2. The Bertz CT molecular complexity index is 1130. The van der Waals surface area contributed by atoms with E-state index in [1.807, 2.05) is 60.9 Å². The van der Waals surface area contributed by atoms with Crippen molar-refractivity contribution in [2.75, 3.05) is 52.9 Å². The number of methoxy groups -OCH3 is 1. The lowest BCUT2D eigenvalue weighted by Crippen LogP contribution is -2.53. The molecule has 3 amide bonds. The molecule has 2 fully saturated rings. The molecule has 2 aliphatic rings. The Morgan fingerprint density at radius 1 is 0.875 bits per heavy atom. The lowest BCUT2D eigenvalue weighted by molar-refractivity contribution is -0.135. The van der Waals surface area contributed by atoms with E-state index in [0.717, 1.165) is 38.0 Å². The zero-order chi connectivity index (χ0) is 28.7. The second kappa shape index (κ2) is 13.2. The van der Waals surface area contributed by atoms with E-state index >= 15 is 0 Å². The number of piperazine rings is 1. The summed E-state index contributed by atoms with van der Waals surface area (Å²) in [7, 11) is 1.58. The molecule has 0 radical (unpaired) electrons. The second-order valence-electron chi connectivity index (χ2n) is 11.6. The number of rotatable bonds is 7. The molecule has 1 atom stereocenters. The molecule has 216 valence electrons. The van der Waals surface area contributed by atoms with E-state index in [0.29, 0.717) is 43.4 Å². The Morgan fingerprint density at radius 2 is 1.50 bits per heavy atom. The van der Waals surface area contributed by atoms with Crippen LogP contribution in [-0.2, 0) is 9.53 Å². The first-order chi connectivity index (χ1) is 19.1. The van der Waals surface area contributed by atoms with Crippen LogP contribution in [0.4, 0.5) is 4.79 Å². The molecular formula is C31H42N4O5. The number of hydrogen-bond donors (Lipinski definition) is 1. The summed E-state index contributed by atoms with van der Waals surface area (Å²) in [6, 6.07) is 15.5. The quantitative estimate of drug-likeness (QED) is 0.561. The molecule has 0 saturated carbocycles. The van der Waals surface area contributed by atoms with Gasteiger partial charge in [-0.25, -0.2) is 4.79 Å². The SMILES string of the molecule is COc1ccc(C(=O)N[C@@H](C(=O)N2CCN(CC3CCN(C(=O)OC(C)(C)C)CC3)CC2)c2ccccc2)cc1. The fourth-order valence-electron chi connectivity index (χ4n) is 5.21. The van der Waals surface area contributed by atoms with Crippen LogP contribution in [0.1, 0.15) is 55.6 Å². The fourth-order valence-corrected chi connectivity index (χ4v) is 5.21. The minimum atomic E-state index is -0.764. The first-order valence-electron chi connectivity index (χ1n) is 14.1. The van der Waals surface area contributed by atoms with Gasteiger partial charge in [-0.15, -0.1) is 0 Å². The van der Waals surface area contributed by atoms with Crippen LogP contribution >= 0.6 is 0 Å². The van der Waals surface area contributed by atoms with Crippen molar-refractivity contribution < 1.29 is 23.9 Å². The summed E-state index contributed by atoms with van der Waals surface area (Å²) in [4.78, 5) is 45.2. The number of nitrogens with zero attached hydrogens (tertiary/aromatic N) is 3. The van der Waals surface area contributed by atoms with Crippen LogP contribution in [0, 0.1) is 5.92 Å². The van der Waals surface area contributed by atoms with E-state index in [-0.39, 0.29) is 17.9 Å². The minimum Gasteiger partial charge on any atom is -0.497 e. The van der Waals surface area contributed by atoms with Gasteiger partial charge in [0.2, 0.25) is 5.91 Å². The van der Waals surface area contributed by atoms with Gasteiger partial charge in [0.25, 0.3) is 5.91 Å². The first kappa shape index (κ1) is 29.4. The normalized spacial score (nSPS) is 17.7. The Morgan fingerprint density at radius 3 is 2.08 bits per heavy atom. The van der Waals surface area contributed by atoms with E-state index in [1.165, 1.54) is 0 Å². The molecule has 40 heavy (non-hydrogen) atoms. The second-order valence-corrected chi connectivity index (χ2v) is 11.6. The molecule has 0 aliphatic carbocycles.